The highest BCUT2D eigenvalue weighted by Gasteiger charge is 2.28. The van der Waals surface area contributed by atoms with Crippen molar-refractivity contribution in [3.63, 3.8) is 0 Å². The van der Waals surface area contributed by atoms with Crippen LogP contribution >= 0.6 is 12.2 Å². The lowest BCUT2D eigenvalue weighted by Gasteiger charge is -2.15. The third kappa shape index (κ3) is 4.02. The van der Waals surface area contributed by atoms with E-state index in [1.54, 1.807) is 0 Å². The van der Waals surface area contributed by atoms with Gasteiger partial charge in [-0.15, -0.1) is 0 Å². The van der Waals surface area contributed by atoms with Gasteiger partial charge in [0.25, 0.3) is 5.69 Å². The summed E-state index contributed by atoms with van der Waals surface area (Å²) in [6, 6.07) is 3.20. The molecule has 0 unspecified atom stereocenters. The number of nitrogens with one attached hydrogen (secondary N) is 2. The quantitative estimate of drug-likeness (QED) is 0.321. The van der Waals surface area contributed by atoms with E-state index in [0.717, 1.165) is 6.07 Å². The first-order chi connectivity index (χ1) is 9.77. The molecule has 21 heavy (non-hydrogen) atoms. The summed E-state index contributed by atoms with van der Waals surface area (Å²) in [5.41, 5.74) is -0.107. The molecule has 1 heterocycles. The molecular formula is C11H13N3O5S2. The number of sulfone groups is 1. The number of nitro groups is 1. The lowest BCUT2D eigenvalue weighted by molar-refractivity contribution is -0.384. The highest BCUT2D eigenvalue weighted by atomic mass is 32.2. The Balaban J connectivity index is 2.03. The fraction of sp³-hybridized carbons (Fsp3) is 0.364. The van der Waals surface area contributed by atoms with Crippen molar-refractivity contribution in [2.24, 2.45) is 0 Å². The van der Waals surface area contributed by atoms with E-state index in [9.17, 15) is 23.6 Å². The molecule has 1 aromatic rings. The zero-order valence-electron chi connectivity index (χ0n) is 10.8. The predicted molar refractivity (Wildman–Crippen MR) is 81.2 cm³/mol. The number of aromatic hydroxyl groups is 1. The molecule has 0 bridgehead atoms. The molecule has 1 aliphatic rings. The van der Waals surface area contributed by atoms with Crippen molar-refractivity contribution in [3.05, 3.63) is 28.3 Å². The molecule has 0 aliphatic carbocycles. The Morgan fingerprint density at radius 2 is 2.19 bits per heavy atom. The summed E-state index contributed by atoms with van der Waals surface area (Å²) >= 11 is 5.02. The van der Waals surface area contributed by atoms with Crippen molar-refractivity contribution in [3.8, 4) is 5.75 Å². The van der Waals surface area contributed by atoms with Gasteiger partial charge in [-0.2, -0.15) is 0 Å². The van der Waals surface area contributed by atoms with E-state index >= 15 is 0 Å². The Morgan fingerprint density at radius 3 is 2.76 bits per heavy atom. The van der Waals surface area contributed by atoms with Gasteiger partial charge in [-0.05, 0) is 24.7 Å². The molecular weight excluding hydrogens is 318 g/mol. The van der Waals surface area contributed by atoms with Crippen LogP contribution < -0.4 is 10.6 Å². The molecule has 3 N–H and O–H groups in total. The van der Waals surface area contributed by atoms with Crippen LogP contribution in [0.3, 0.4) is 0 Å². The Labute approximate surface area is 126 Å². The molecule has 0 amide bonds. The fourth-order valence-corrected chi connectivity index (χ4v) is 3.94. The summed E-state index contributed by atoms with van der Waals surface area (Å²) in [6.45, 7) is 0. The number of thiocarbonyl (C=S) groups is 1. The molecule has 114 valence electrons. The van der Waals surface area contributed by atoms with Gasteiger partial charge in [0, 0.05) is 18.2 Å². The average molecular weight is 331 g/mol. The molecule has 0 radical (unpaired) electrons. The number of phenolic OH excluding ortho intramolecular Hbond substituents is 1. The number of hydrogen-bond donors (Lipinski definition) is 3. The van der Waals surface area contributed by atoms with Gasteiger partial charge in [0.1, 0.15) is 5.75 Å². The second kappa shape index (κ2) is 5.82. The minimum absolute atomic E-state index is 0.00423. The fourth-order valence-electron chi connectivity index (χ4n) is 1.99. The minimum atomic E-state index is -3.03. The number of phenols is 1. The second-order valence-corrected chi connectivity index (χ2v) is 7.29. The van der Waals surface area contributed by atoms with Crippen LogP contribution in [-0.4, -0.2) is 41.1 Å². The molecule has 1 aromatic carbocycles. The molecule has 0 spiro atoms. The number of non-ortho nitro benzene ring substituents is 1. The smallest absolute Gasteiger partial charge is 0.271 e. The van der Waals surface area contributed by atoms with E-state index in [4.69, 9.17) is 12.2 Å². The highest BCUT2D eigenvalue weighted by Crippen LogP contribution is 2.27. The second-order valence-electron chi connectivity index (χ2n) is 4.66. The molecule has 0 aromatic heterocycles. The maximum atomic E-state index is 11.3. The van der Waals surface area contributed by atoms with Gasteiger partial charge >= 0.3 is 0 Å². The van der Waals surface area contributed by atoms with Gasteiger partial charge < -0.3 is 15.7 Å². The summed E-state index contributed by atoms with van der Waals surface area (Å²) in [6.07, 6.45) is 0.449. The maximum Gasteiger partial charge on any atom is 0.271 e. The van der Waals surface area contributed by atoms with E-state index in [-0.39, 0.29) is 39.8 Å². The van der Waals surface area contributed by atoms with E-state index in [1.807, 2.05) is 0 Å². The molecule has 8 nitrogen and oxygen atoms in total. The highest BCUT2D eigenvalue weighted by molar-refractivity contribution is 7.91. The Morgan fingerprint density at radius 1 is 1.48 bits per heavy atom. The van der Waals surface area contributed by atoms with Crippen LogP contribution in [0.2, 0.25) is 0 Å². The summed E-state index contributed by atoms with van der Waals surface area (Å²) in [4.78, 5) is 10.1. The van der Waals surface area contributed by atoms with Gasteiger partial charge in [0.2, 0.25) is 0 Å². The Bertz CT molecular complexity index is 689. The van der Waals surface area contributed by atoms with Crippen LogP contribution in [0.25, 0.3) is 0 Å². The average Bonchev–Trinajstić information content (AvgIpc) is 2.71. The zero-order valence-corrected chi connectivity index (χ0v) is 12.4. The van der Waals surface area contributed by atoms with Crippen molar-refractivity contribution in [1.29, 1.82) is 0 Å². The Kier molecular flexibility index (Phi) is 4.28. The standard InChI is InChI=1S/C11H13N3O5S2/c15-10-2-1-8(14(16)17)5-9(10)13-11(20)12-7-3-4-21(18,19)6-7/h1-2,5,7,15H,3-4,6H2,(H2,12,13,20)/t7-/m0/s1. The van der Waals surface area contributed by atoms with E-state index in [1.165, 1.54) is 12.1 Å². The number of rotatable bonds is 3. The van der Waals surface area contributed by atoms with E-state index in [0.29, 0.717) is 6.42 Å². The molecule has 1 aliphatic heterocycles. The van der Waals surface area contributed by atoms with Gasteiger partial charge in [0.05, 0.1) is 22.1 Å². The van der Waals surface area contributed by atoms with Gasteiger partial charge in [-0.1, -0.05) is 0 Å². The van der Waals surface area contributed by atoms with Gasteiger partial charge in [-0.3, -0.25) is 10.1 Å². The third-order valence-electron chi connectivity index (χ3n) is 3.01. The predicted octanol–water partition coefficient (Wildman–Crippen LogP) is 0.774. The van der Waals surface area contributed by atoms with Crippen LogP contribution in [-0.2, 0) is 9.84 Å². The van der Waals surface area contributed by atoms with Crippen LogP contribution in [0, 0.1) is 10.1 Å². The summed E-state index contributed by atoms with van der Waals surface area (Å²) in [5, 5.41) is 25.9. The summed E-state index contributed by atoms with van der Waals surface area (Å²) < 4.78 is 22.7. The van der Waals surface area contributed by atoms with Crippen LogP contribution in [0.5, 0.6) is 5.75 Å². The van der Waals surface area contributed by atoms with Crippen molar-refractivity contribution < 1.29 is 18.4 Å². The summed E-state index contributed by atoms with van der Waals surface area (Å²) in [5.74, 6) is -0.0887. The van der Waals surface area contributed by atoms with Crippen molar-refractivity contribution in [1.82, 2.24) is 5.32 Å². The SMILES string of the molecule is O=[N+]([O-])c1ccc(O)c(NC(=S)N[C@H]2CCS(=O)(=O)C2)c1. The van der Waals surface area contributed by atoms with Crippen molar-refractivity contribution in [2.75, 3.05) is 16.8 Å². The third-order valence-corrected chi connectivity index (χ3v) is 4.99. The van der Waals surface area contributed by atoms with Crippen LogP contribution in [0.15, 0.2) is 18.2 Å². The van der Waals surface area contributed by atoms with Gasteiger partial charge in [0.15, 0.2) is 14.9 Å². The number of nitrogens with zero attached hydrogens (tertiary/aromatic N) is 1. The lowest BCUT2D eigenvalue weighted by Crippen LogP contribution is -2.38. The molecule has 2 rings (SSSR count). The number of benzene rings is 1. The zero-order chi connectivity index (χ0) is 15.6. The molecule has 0 saturated carbocycles. The molecule has 1 fully saturated rings. The topological polar surface area (TPSA) is 122 Å². The normalized spacial score (nSPS) is 19.9. The van der Waals surface area contributed by atoms with Crippen molar-refractivity contribution in [2.45, 2.75) is 12.5 Å². The van der Waals surface area contributed by atoms with Crippen LogP contribution in [0.1, 0.15) is 6.42 Å². The Hall–Kier alpha value is -1.94. The molecule has 1 saturated heterocycles. The molecule has 10 heteroatoms. The maximum absolute atomic E-state index is 11.3. The van der Waals surface area contributed by atoms with Crippen molar-refractivity contribution >= 4 is 38.5 Å². The molecule has 1 atom stereocenters. The monoisotopic (exact) mass is 331 g/mol. The first kappa shape index (κ1) is 15.4. The lowest BCUT2D eigenvalue weighted by atomic mass is 10.2. The van der Waals surface area contributed by atoms with Gasteiger partial charge in [-0.25, -0.2) is 8.42 Å². The van der Waals surface area contributed by atoms with Crippen LogP contribution in [0.4, 0.5) is 11.4 Å². The number of nitro benzene ring substituents is 1. The minimum Gasteiger partial charge on any atom is -0.506 e. The van der Waals surface area contributed by atoms with E-state index < -0.39 is 14.8 Å². The first-order valence-electron chi connectivity index (χ1n) is 6.02. The largest absolute Gasteiger partial charge is 0.506 e. The first-order valence-corrected chi connectivity index (χ1v) is 8.25. The number of anilines is 1. The number of hydrogen-bond acceptors (Lipinski definition) is 6. The summed E-state index contributed by atoms with van der Waals surface area (Å²) in [7, 11) is -3.03. The van der Waals surface area contributed by atoms with E-state index in [2.05, 4.69) is 10.6 Å².